The van der Waals surface area contributed by atoms with Crippen LogP contribution in [0, 0.1) is 0 Å². The summed E-state index contributed by atoms with van der Waals surface area (Å²) in [5, 5.41) is 2.77. The molecule has 0 saturated carbocycles. The Labute approximate surface area is 137 Å². The maximum absolute atomic E-state index is 11.9. The summed E-state index contributed by atoms with van der Waals surface area (Å²) in [7, 11) is 0. The van der Waals surface area contributed by atoms with E-state index in [4.69, 9.17) is 0 Å². The Kier molecular flexibility index (Phi) is 5.47. The third kappa shape index (κ3) is 4.92. The summed E-state index contributed by atoms with van der Waals surface area (Å²) in [4.78, 5) is 23.1. The molecule has 3 nitrogen and oxygen atoms in total. The number of carbonyl (C=O) groups excluding carboxylic acids is 2. The summed E-state index contributed by atoms with van der Waals surface area (Å²) >= 11 is 0. The molecule has 0 unspecified atom stereocenters. The highest BCUT2D eigenvalue weighted by molar-refractivity contribution is 6.02. The summed E-state index contributed by atoms with van der Waals surface area (Å²) in [6, 6.07) is 15.0. The summed E-state index contributed by atoms with van der Waals surface area (Å²) in [6.45, 7) is 5.81. The van der Waals surface area contributed by atoms with E-state index in [9.17, 15) is 9.59 Å². The molecule has 2 rings (SSSR count). The highest BCUT2D eigenvalue weighted by atomic mass is 16.1. The maximum atomic E-state index is 11.9. The van der Waals surface area contributed by atoms with Crippen LogP contribution in [0.1, 0.15) is 48.2 Å². The van der Waals surface area contributed by atoms with Crippen molar-refractivity contribution in [3.8, 4) is 0 Å². The molecule has 118 valence electrons. The van der Waals surface area contributed by atoms with Gasteiger partial charge >= 0.3 is 0 Å². The molecular formula is C20H21NO2. The fourth-order valence-corrected chi connectivity index (χ4v) is 2.14. The van der Waals surface area contributed by atoms with Crippen LogP contribution in [0.3, 0.4) is 0 Å². The number of hydrogen-bond donors (Lipinski definition) is 1. The van der Waals surface area contributed by atoms with Crippen LogP contribution in [0.2, 0.25) is 0 Å². The van der Waals surface area contributed by atoms with Crippen molar-refractivity contribution in [1.29, 1.82) is 0 Å². The molecule has 0 radical (unpaired) electrons. The molecule has 0 aliphatic carbocycles. The van der Waals surface area contributed by atoms with Crippen molar-refractivity contribution >= 4 is 23.5 Å². The maximum Gasteiger partial charge on any atom is 0.248 e. The molecule has 0 spiro atoms. The SMILES string of the molecule is CC(=O)c1ccc(NC(=O)C=Cc2ccc(C(C)C)cc2)cc1. The predicted octanol–water partition coefficient (Wildman–Crippen LogP) is 4.66. The average molecular weight is 307 g/mol. The minimum atomic E-state index is -0.200. The van der Waals surface area contributed by atoms with E-state index in [1.807, 2.05) is 12.1 Å². The minimum Gasteiger partial charge on any atom is -0.323 e. The quantitative estimate of drug-likeness (QED) is 0.645. The number of Topliss-reactive ketones (excluding diaryl/α,β-unsaturated/α-hetero) is 1. The molecule has 3 heteroatoms. The minimum absolute atomic E-state index is 0.00705. The first-order valence-corrected chi connectivity index (χ1v) is 7.66. The second kappa shape index (κ2) is 7.54. The van der Waals surface area contributed by atoms with Gasteiger partial charge in [-0.05, 0) is 54.3 Å². The fourth-order valence-electron chi connectivity index (χ4n) is 2.14. The van der Waals surface area contributed by atoms with Crippen LogP contribution in [-0.2, 0) is 4.79 Å². The van der Waals surface area contributed by atoms with Gasteiger partial charge in [0.1, 0.15) is 0 Å². The van der Waals surface area contributed by atoms with Crippen LogP contribution >= 0.6 is 0 Å². The van der Waals surface area contributed by atoms with Gasteiger partial charge in [-0.2, -0.15) is 0 Å². The van der Waals surface area contributed by atoms with Crippen LogP contribution in [0.5, 0.6) is 0 Å². The van der Waals surface area contributed by atoms with E-state index >= 15 is 0 Å². The standard InChI is InChI=1S/C20H21NO2/c1-14(2)17-7-4-16(5-8-17)6-13-20(23)21-19-11-9-18(10-12-19)15(3)22/h4-14H,1-3H3,(H,21,23). The first kappa shape index (κ1) is 16.7. The van der Waals surface area contributed by atoms with Crippen LogP contribution in [-0.4, -0.2) is 11.7 Å². The lowest BCUT2D eigenvalue weighted by Gasteiger charge is -2.05. The zero-order valence-corrected chi connectivity index (χ0v) is 13.7. The monoisotopic (exact) mass is 307 g/mol. The topological polar surface area (TPSA) is 46.2 Å². The van der Waals surface area contributed by atoms with E-state index < -0.39 is 0 Å². The lowest BCUT2D eigenvalue weighted by Crippen LogP contribution is -2.07. The number of rotatable bonds is 5. The van der Waals surface area contributed by atoms with Crippen LogP contribution in [0.15, 0.2) is 54.6 Å². The molecular weight excluding hydrogens is 286 g/mol. The Bertz CT molecular complexity index is 710. The van der Waals surface area contributed by atoms with Gasteiger partial charge in [-0.15, -0.1) is 0 Å². The molecule has 0 aromatic heterocycles. The summed E-state index contributed by atoms with van der Waals surface area (Å²) in [5.41, 5.74) is 3.55. The van der Waals surface area contributed by atoms with Gasteiger partial charge in [-0.1, -0.05) is 38.1 Å². The Hall–Kier alpha value is -2.68. The number of hydrogen-bond acceptors (Lipinski definition) is 2. The van der Waals surface area contributed by atoms with Gasteiger partial charge in [-0.3, -0.25) is 9.59 Å². The third-order valence-electron chi connectivity index (χ3n) is 3.59. The van der Waals surface area contributed by atoms with Crippen molar-refractivity contribution in [2.75, 3.05) is 5.32 Å². The van der Waals surface area contributed by atoms with Crippen LogP contribution in [0.25, 0.3) is 6.08 Å². The summed E-state index contributed by atoms with van der Waals surface area (Å²) < 4.78 is 0. The van der Waals surface area contributed by atoms with Gasteiger partial charge in [0.25, 0.3) is 0 Å². The van der Waals surface area contributed by atoms with E-state index in [2.05, 4.69) is 31.3 Å². The van der Waals surface area contributed by atoms with Crippen molar-refractivity contribution in [3.63, 3.8) is 0 Å². The van der Waals surface area contributed by atoms with E-state index in [0.717, 1.165) is 5.56 Å². The Morgan fingerprint density at radius 3 is 2.09 bits per heavy atom. The molecule has 23 heavy (non-hydrogen) atoms. The first-order chi connectivity index (χ1) is 11.0. The molecule has 1 amide bonds. The fraction of sp³-hybridized carbons (Fsp3) is 0.200. The van der Waals surface area contributed by atoms with Crippen molar-refractivity contribution in [3.05, 3.63) is 71.3 Å². The highest BCUT2D eigenvalue weighted by Gasteiger charge is 2.01. The van der Waals surface area contributed by atoms with Gasteiger partial charge < -0.3 is 5.32 Å². The third-order valence-corrected chi connectivity index (χ3v) is 3.59. The number of ketones is 1. The van der Waals surface area contributed by atoms with Gasteiger partial charge in [0.05, 0.1) is 0 Å². The van der Waals surface area contributed by atoms with Crippen molar-refractivity contribution < 1.29 is 9.59 Å². The Morgan fingerprint density at radius 1 is 0.957 bits per heavy atom. The van der Waals surface area contributed by atoms with E-state index in [0.29, 0.717) is 17.2 Å². The van der Waals surface area contributed by atoms with Gasteiger partial charge in [0, 0.05) is 17.3 Å². The average Bonchev–Trinajstić information content (AvgIpc) is 2.54. The lowest BCUT2D eigenvalue weighted by molar-refractivity contribution is -0.111. The van der Waals surface area contributed by atoms with Gasteiger partial charge in [0.15, 0.2) is 5.78 Å². The van der Waals surface area contributed by atoms with Gasteiger partial charge in [-0.25, -0.2) is 0 Å². The number of nitrogens with one attached hydrogen (secondary N) is 1. The molecule has 0 atom stereocenters. The Balaban J connectivity index is 1.97. The van der Waals surface area contributed by atoms with Crippen molar-refractivity contribution in [1.82, 2.24) is 0 Å². The lowest BCUT2D eigenvalue weighted by atomic mass is 10.0. The van der Waals surface area contributed by atoms with Crippen molar-refractivity contribution in [2.45, 2.75) is 26.7 Å². The molecule has 0 fully saturated rings. The molecule has 1 N–H and O–H groups in total. The highest BCUT2D eigenvalue weighted by Crippen LogP contribution is 2.15. The second-order valence-electron chi connectivity index (χ2n) is 5.78. The van der Waals surface area contributed by atoms with E-state index in [1.54, 1.807) is 30.3 Å². The summed E-state index contributed by atoms with van der Waals surface area (Å²) in [6.07, 6.45) is 3.28. The molecule has 0 heterocycles. The smallest absolute Gasteiger partial charge is 0.248 e. The van der Waals surface area contributed by atoms with Gasteiger partial charge in [0.2, 0.25) is 5.91 Å². The number of anilines is 1. The largest absolute Gasteiger partial charge is 0.323 e. The van der Waals surface area contributed by atoms with Crippen LogP contribution < -0.4 is 5.32 Å². The Morgan fingerprint density at radius 2 is 1.57 bits per heavy atom. The molecule has 0 aliphatic rings. The van der Waals surface area contributed by atoms with E-state index in [-0.39, 0.29) is 11.7 Å². The zero-order chi connectivity index (χ0) is 16.8. The summed E-state index contributed by atoms with van der Waals surface area (Å²) in [5.74, 6) is 0.301. The molecule has 0 saturated heterocycles. The molecule has 0 aliphatic heterocycles. The molecule has 2 aromatic rings. The second-order valence-corrected chi connectivity index (χ2v) is 5.78. The van der Waals surface area contributed by atoms with Crippen molar-refractivity contribution in [2.24, 2.45) is 0 Å². The molecule has 0 bridgehead atoms. The molecule has 2 aromatic carbocycles. The zero-order valence-electron chi connectivity index (χ0n) is 13.7. The predicted molar refractivity (Wildman–Crippen MR) is 94.6 cm³/mol. The van der Waals surface area contributed by atoms with Crippen LogP contribution in [0.4, 0.5) is 5.69 Å². The number of carbonyl (C=O) groups is 2. The first-order valence-electron chi connectivity index (χ1n) is 7.66. The van der Waals surface area contributed by atoms with E-state index in [1.165, 1.54) is 18.6 Å². The number of benzene rings is 2. The number of amides is 1. The normalized spacial score (nSPS) is 11.0.